The average Bonchev–Trinajstić information content (AvgIpc) is 2.25. The van der Waals surface area contributed by atoms with Crippen LogP contribution in [0.4, 0.5) is 0 Å². The van der Waals surface area contributed by atoms with E-state index in [1.165, 1.54) is 0 Å². The fourth-order valence-corrected chi connectivity index (χ4v) is 1.44. The molecule has 0 heterocycles. The minimum Gasteiger partial charge on any atom is -0.480 e. The van der Waals surface area contributed by atoms with Crippen LogP contribution in [0.2, 0.25) is 0 Å². The van der Waals surface area contributed by atoms with E-state index in [-0.39, 0.29) is 11.8 Å². The van der Waals surface area contributed by atoms with E-state index in [2.05, 4.69) is 5.32 Å². The summed E-state index contributed by atoms with van der Waals surface area (Å²) in [5.41, 5.74) is 0. The van der Waals surface area contributed by atoms with Gasteiger partial charge in [-0.1, -0.05) is 26.0 Å². The number of carbonyl (C=O) groups excluding carboxylic acids is 1. The number of carboxylic acid groups (broad SMARTS) is 1. The maximum Gasteiger partial charge on any atom is 0.326 e. The van der Waals surface area contributed by atoms with Gasteiger partial charge in [-0.25, -0.2) is 4.79 Å². The lowest BCUT2D eigenvalue weighted by Crippen LogP contribution is -2.43. The van der Waals surface area contributed by atoms with Crippen molar-refractivity contribution in [1.29, 1.82) is 0 Å². The van der Waals surface area contributed by atoms with Gasteiger partial charge in [0.05, 0.1) is 0 Å². The zero-order valence-electron chi connectivity index (χ0n) is 10.2. The van der Waals surface area contributed by atoms with E-state index < -0.39 is 12.0 Å². The summed E-state index contributed by atoms with van der Waals surface area (Å²) in [6.07, 6.45) is 5.32. The Hall–Kier alpha value is -1.32. The van der Waals surface area contributed by atoms with Gasteiger partial charge in [-0.15, -0.1) is 0 Å². The molecule has 0 aromatic rings. The van der Waals surface area contributed by atoms with E-state index in [1.807, 2.05) is 20.8 Å². The summed E-state index contributed by atoms with van der Waals surface area (Å²) >= 11 is 0. The first-order valence-corrected chi connectivity index (χ1v) is 5.71. The Morgan fingerprint density at radius 3 is 2.25 bits per heavy atom. The molecule has 0 spiro atoms. The Kier molecular flexibility index (Phi) is 7.25. The van der Waals surface area contributed by atoms with Crippen molar-refractivity contribution in [1.82, 2.24) is 5.32 Å². The standard InChI is InChI=1S/C12H21NO3/c1-4-7-8-10(12(15)16)13-11(14)9(5-2)6-3/h4,7,9-10H,5-6,8H2,1-3H3,(H,13,14)(H,15,16)/b7-4+. The normalized spacial score (nSPS) is 13.0. The lowest BCUT2D eigenvalue weighted by Gasteiger charge is -2.17. The summed E-state index contributed by atoms with van der Waals surface area (Å²) in [5.74, 6) is -1.24. The van der Waals surface area contributed by atoms with E-state index in [0.717, 1.165) is 12.8 Å². The van der Waals surface area contributed by atoms with Gasteiger partial charge in [0.1, 0.15) is 6.04 Å². The molecule has 1 unspecified atom stereocenters. The highest BCUT2D eigenvalue weighted by Gasteiger charge is 2.22. The number of amides is 1. The highest BCUT2D eigenvalue weighted by atomic mass is 16.4. The molecule has 0 aromatic carbocycles. The second-order valence-electron chi connectivity index (χ2n) is 3.72. The van der Waals surface area contributed by atoms with Crippen LogP contribution in [0.15, 0.2) is 12.2 Å². The summed E-state index contributed by atoms with van der Waals surface area (Å²) < 4.78 is 0. The third kappa shape index (κ3) is 4.96. The Morgan fingerprint density at radius 1 is 1.31 bits per heavy atom. The smallest absolute Gasteiger partial charge is 0.326 e. The summed E-state index contributed by atoms with van der Waals surface area (Å²) in [4.78, 5) is 22.6. The van der Waals surface area contributed by atoms with Crippen molar-refractivity contribution >= 4 is 11.9 Å². The molecule has 0 bridgehead atoms. The zero-order valence-corrected chi connectivity index (χ0v) is 10.2. The molecule has 16 heavy (non-hydrogen) atoms. The highest BCUT2D eigenvalue weighted by molar-refractivity contribution is 5.85. The summed E-state index contributed by atoms with van der Waals surface area (Å²) in [6, 6.07) is -0.815. The predicted molar refractivity (Wildman–Crippen MR) is 63.1 cm³/mol. The van der Waals surface area contributed by atoms with E-state index in [4.69, 9.17) is 5.11 Å². The molecule has 1 amide bonds. The van der Waals surface area contributed by atoms with Crippen LogP contribution in [-0.4, -0.2) is 23.0 Å². The summed E-state index contributed by atoms with van der Waals surface area (Å²) in [6.45, 7) is 5.67. The predicted octanol–water partition coefficient (Wildman–Crippen LogP) is 1.96. The Balaban J connectivity index is 4.38. The molecule has 0 aliphatic rings. The van der Waals surface area contributed by atoms with Gasteiger partial charge >= 0.3 is 5.97 Å². The number of allylic oxidation sites excluding steroid dienone is 1. The molecule has 0 aliphatic carbocycles. The summed E-state index contributed by atoms with van der Waals surface area (Å²) in [7, 11) is 0. The van der Waals surface area contributed by atoms with Crippen molar-refractivity contribution < 1.29 is 14.7 Å². The van der Waals surface area contributed by atoms with Crippen molar-refractivity contribution in [3.63, 3.8) is 0 Å². The first kappa shape index (κ1) is 14.7. The SMILES string of the molecule is C/C=C/CC(NC(=O)C(CC)CC)C(=O)O. The van der Waals surface area contributed by atoms with Crippen molar-refractivity contribution in [3.05, 3.63) is 12.2 Å². The van der Waals surface area contributed by atoms with Crippen molar-refractivity contribution in [3.8, 4) is 0 Å². The van der Waals surface area contributed by atoms with Crippen molar-refractivity contribution in [2.24, 2.45) is 5.92 Å². The minimum atomic E-state index is -0.989. The third-order valence-electron chi connectivity index (χ3n) is 2.58. The molecule has 0 saturated heterocycles. The molecule has 92 valence electrons. The van der Waals surface area contributed by atoms with Crippen LogP contribution >= 0.6 is 0 Å². The van der Waals surface area contributed by atoms with E-state index in [1.54, 1.807) is 12.2 Å². The molecule has 0 saturated carbocycles. The van der Waals surface area contributed by atoms with Gasteiger partial charge in [0, 0.05) is 5.92 Å². The molecule has 2 N–H and O–H groups in total. The molecular weight excluding hydrogens is 206 g/mol. The van der Waals surface area contributed by atoms with Crippen LogP contribution in [0.25, 0.3) is 0 Å². The Morgan fingerprint density at radius 2 is 1.88 bits per heavy atom. The number of nitrogens with one attached hydrogen (secondary N) is 1. The van der Waals surface area contributed by atoms with Gasteiger partial charge in [0.15, 0.2) is 0 Å². The Bertz CT molecular complexity index is 257. The molecule has 0 aliphatic heterocycles. The first-order chi connectivity index (χ1) is 7.56. The molecule has 0 aromatic heterocycles. The van der Waals surface area contributed by atoms with Gasteiger partial charge in [0.2, 0.25) is 5.91 Å². The number of carbonyl (C=O) groups is 2. The fraction of sp³-hybridized carbons (Fsp3) is 0.667. The number of hydrogen-bond donors (Lipinski definition) is 2. The number of rotatable bonds is 7. The monoisotopic (exact) mass is 227 g/mol. The second kappa shape index (κ2) is 7.91. The van der Waals surface area contributed by atoms with Crippen LogP contribution in [-0.2, 0) is 9.59 Å². The second-order valence-corrected chi connectivity index (χ2v) is 3.72. The molecular formula is C12H21NO3. The number of aliphatic carboxylic acids is 1. The molecule has 4 heteroatoms. The molecule has 0 fully saturated rings. The topological polar surface area (TPSA) is 66.4 Å². The van der Waals surface area contributed by atoms with Crippen molar-refractivity contribution in [2.75, 3.05) is 0 Å². The molecule has 0 rings (SSSR count). The van der Waals surface area contributed by atoms with Crippen molar-refractivity contribution in [2.45, 2.75) is 46.1 Å². The third-order valence-corrected chi connectivity index (χ3v) is 2.58. The van der Waals surface area contributed by atoms with E-state index in [0.29, 0.717) is 6.42 Å². The quantitative estimate of drug-likeness (QED) is 0.653. The minimum absolute atomic E-state index is 0.0903. The highest BCUT2D eigenvalue weighted by Crippen LogP contribution is 2.08. The fourth-order valence-electron chi connectivity index (χ4n) is 1.44. The maximum absolute atomic E-state index is 11.7. The largest absolute Gasteiger partial charge is 0.480 e. The van der Waals surface area contributed by atoms with Crippen LogP contribution in [0.3, 0.4) is 0 Å². The van der Waals surface area contributed by atoms with Gasteiger partial charge < -0.3 is 10.4 Å². The molecule has 0 radical (unpaired) electrons. The molecule has 4 nitrogen and oxygen atoms in total. The van der Waals surface area contributed by atoms with Crippen LogP contribution in [0.5, 0.6) is 0 Å². The maximum atomic E-state index is 11.7. The number of carboxylic acids is 1. The van der Waals surface area contributed by atoms with Crippen LogP contribution in [0.1, 0.15) is 40.0 Å². The number of hydrogen-bond acceptors (Lipinski definition) is 2. The van der Waals surface area contributed by atoms with E-state index in [9.17, 15) is 9.59 Å². The molecule has 1 atom stereocenters. The van der Waals surface area contributed by atoms with Crippen LogP contribution < -0.4 is 5.32 Å². The zero-order chi connectivity index (χ0) is 12.6. The lowest BCUT2D eigenvalue weighted by molar-refractivity contribution is -0.142. The van der Waals surface area contributed by atoms with Gasteiger partial charge in [-0.05, 0) is 26.2 Å². The van der Waals surface area contributed by atoms with Gasteiger partial charge in [-0.2, -0.15) is 0 Å². The Labute approximate surface area is 96.7 Å². The van der Waals surface area contributed by atoms with Crippen LogP contribution in [0, 0.1) is 5.92 Å². The van der Waals surface area contributed by atoms with E-state index >= 15 is 0 Å². The first-order valence-electron chi connectivity index (χ1n) is 5.71. The lowest BCUT2D eigenvalue weighted by atomic mass is 10.0. The van der Waals surface area contributed by atoms with Gasteiger partial charge in [0.25, 0.3) is 0 Å². The van der Waals surface area contributed by atoms with Gasteiger partial charge in [-0.3, -0.25) is 4.79 Å². The summed E-state index contributed by atoms with van der Waals surface area (Å²) in [5, 5.41) is 11.5. The average molecular weight is 227 g/mol.